The summed E-state index contributed by atoms with van der Waals surface area (Å²) >= 11 is 0. The zero-order valence-corrected chi connectivity index (χ0v) is 10.5. The Bertz CT molecular complexity index is 341. The fourth-order valence-corrected chi connectivity index (χ4v) is 2.21. The van der Waals surface area contributed by atoms with Gasteiger partial charge >= 0.3 is 0 Å². The monoisotopic (exact) mass is 206 g/mol. The number of benzene rings is 1. The lowest BCUT2D eigenvalue weighted by Gasteiger charge is -2.33. The Balaban J connectivity index is 3.24. The molecule has 0 bridgehead atoms. The van der Waals surface area contributed by atoms with Gasteiger partial charge in [0.2, 0.25) is 0 Å². The third-order valence-corrected chi connectivity index (χ3v) is 3.34. The summed E-state index contributed by atoms with van der Waals surface area (Å²) in [6.07, 6.45) is 0.758. The summed E-state index contributed by atoms with van der Waals surface area (Å²) in [7, 11) is 0. The second kappa shape index (κ2) is 4.36. The highest BCUT2D eigenvalue weighted by Gasteiger charge is 2.32. The second-order valence-corrected chi connectivity index (χ2v) is 4.75. The minimum Gasteiger partial charge on any atom is -0.385 e. The van der Waals surface area contributed by atoms with Crippen molar-refractivity contribution < 1.29 is 5.11 Å². The lowest BCUT2D eigenvalue weighted by atomic mass is 9.79. The van der Waals surface area contributed by atoms with Crippen molar-refractivity contribution in [3.05, 3.63) is 34.9 Å². The normalized spacial score (nSPS) is 15.4. The summed E-state index contributed by atoms with van der Waals surface area (Å²) in [6, 6.07) is 6.28. The van der Waals surface area contributed by atoms with Crippen LogP contribution >= 0.6 is 0 Å². The van der Waals surface area contributed by atoms with E-state index in [9.17, 15) is 5.11 Å². The average molecular weight is 206 g/mol. The molecule has 84 valence electrons. The van der Waals surface area contributed by atoms with Crippen LogP contribution in [0.15, 0.2) is 18.2 Å². The van der Waals surface area contributed by atoms with Crippen LogP contribution in [0.5, 0.6) is 0 Å². The Morgan fingerprint density at radius 1 is 1.27 bits per heavy atom. The fraction of sp³-hybridized carbons (Fsp3) is 0.571. The van der Waals surface area contributed by atoms with Crippen LogP contribution in [0.25, 0.3) is 0 Å². The van der Waals surface area contributed by atoms with Crippen molar-refractivity contribution in [3.8, 4) is 0 Å². The van der Waals surface area contributed by atoms with Gasteiger partial charge in [0, 0.05) is 0 Å². The maximum Gasteiger partial charge on any atom is 0.0919 e. The zero-order valence-electron chi connectivity index (χ0n) is 10.5. The molecule has 1 N–H and O–H groups in total. The van der Waals surface area contributed by atoms with Crippen LogP contribution in [-0.4, -0.2) is 5.11 Å². The molecule has 1 heteroatoms. The summed E-state index contributed by atoms with van der Waals surface area (Å²) in [6.45, 7) is 10.3. The lowest BCUT2D eigenvalue weighted by Crippen LogP contribution is -2.32. The number of hydrogen-bond acceptors (Lipinski definition) is 1. The van der Waals surface area contributed by atoms with Gasteiger partial charge in [-0.2, -0.15) is 0 Å². The van der Waals surface area contributed by atoms with Crippen LogP contribution in [0, 0.1) is 19.8 Å². The minimum atomic E-state index is -0.683. The third kappa shape index (κ3) is 2.23. The molecule has 0 saturated heterocycles. The van der Waals surface area contributed by atoms with Gasteiger partial charge in [0.1, 0.15) is 0 Å². The van der Waals surface area contributed by atoms with Gasteiger partial charge < -0.3 is 5.11 Å². The van der Waals surface area contributed by atoms with Gasteiger partial charge in [0.25, 0.3) is 0 Å². The smallest absolute Gasteiger partial charge is 0.0919 e. The van der Waals surface area contributed by atoms with E-state index in [4.69, 9.17) is 0 Å². The van der Waals surface area contributed by atoms with Crippen LogP contribution in [0.3, 0.4) is 0 Å². The molecule has 0 fully saturated rings. The highest BCUT2D eigenvalue weighted by molar-refractivity contribution is 5.35. The average Bonchev–Trinajstić information content (AvgIpc) is 2.16. The maximum atomic E-state index is 10.6. The Morgan fingerprint density at radius 3 is 2.27 bits per heavy atom. The number of hydrogen-bond donors (Lipinski definition) is 1. The van der Waals surface area contributed by atoms with Crippen molar-refractivity contribution in [3.63, 3.8) is 0 Å². The van der Waals surface area contributed by atoms with Gasteiger partial charge in [-0.25, -0.2) is 0 Å². The Kier molecular flexibility index (Phi) is 3.56. The lowest BCUT2D eigenvalue weighted by molar-refractivity contribution is -0.0145. The summed E-state index contributed by atoms with van der Waals surface area (Å²) in [5, 5.41) is 10.6. The molecule has 1 atom stereocenters. The van der Waals surface area contributed by atoms with E-state index < -0.39 is 5.60 Å². The molecule has 1 aromatic rings. The van der Waals surface area contributed by atoms with Gasteiger partial charge in [-0.3, -0.25) is 0 Å². The third-order valence-electron chi connectivity index (χ3n) is 3.34. The second-order valence-electron chi connectivity index (χ2n) is 4.75. The summed E-state index contributed by atoms with van der Waals surface area (Å²) in [5.74, 6) is 0.240. The number of aliphatic hydroxyl groups is 1. The van der Waals surface area contributed by atoms with Gasteiger partial charge in [-0.15, -0.1) is 0 Å². The zero-order chi connectivity index (χ0) is 11.6. The topological polar surface area (TPSA) is 20.2 Å². The molecule has 0 spiro atoms. The van der Waals surface area contributed by atoms with Gasteiger partial charge in [0.05, 0.1) is 5.60 Å². The summed E-state index contributed by atoms with van der Waals surface area (Å²) < 4.78 is 0. The molecule has 15 heavy (non-hydrogen) atoms. The molecule has 0 aliphatic heterocycles. The van der Waals surface area contributed by atoms with Crippen molar-refractivity contribution in [2.45, 2.75) is 46.6 Å². The number of rotatable bonds is 3. The SMILES string of the molecule is CCC(O)(c1ccc(C)cc1C)C(C)C. The molecule has 0 aliphatic rings. The standard InChI is InChI=1S/C14H22O/c1-6-14(15,10(2)3)13-8-7-11(4)9-12(13)5/h7-10,15H,6H2,1-5H3. The fourth-order valence-electron chi connectivity index (χ4n) is 2.21. The summed E-state index contributed by atoms with van der Waals surface area (Å²) in [5.41, 5.74) is 2.83. The Hall–Kier alpha value is -0.820. The van der Waals surface area contributed by atoms with Crippen molar-refractivity contribution in [2.24, 2.45) is 5.92 Å². The Labute approximate surface area is 93.1 Å². The molecule has 0 aromatic heterocycles. The van der Waals surface area contributed by atoms with Crippen molar-refractivity contribution >= 4 is 0 Å². The largest absolute Gasteiger partial charge is 0.385 e. The molecular weight excluding hydrogens is 184 g/mol. The van der Waals surface area contributed by atoms with Gasteiger partial charge in [-0.05, 0) is 37.3 Å². The van der Waals surface area contributed by atoms with Crippen LogP contribution in [-0.2, 0) is 5.60 Å². The van der Waals surface area contributed by atoms with E-state index in [1.165, 1.54) is 11.1 Å². The molecule has 0 saturated carbocycles. The summed E-state index contributed by atoms with van der Waals surface area (Å²) in [4.78, 5) is 0. The molecule has 1 nitrogen and oxygen atoms in total. The van der Waals surface area contributed by atoms with E-state index >= 15 is 0 Å². The molecule has 1 aromatic carbocycles. The van der Waals surface area contributed by atoms with E-state index in [1.54, 1.807) is 0 Å². The van der Waals surface area contributed by atoms with Crippen molar-refractivity contribution in [1.82, 2.24) is 0 Å². The first-order valence-corrected chi connectivity index (χ1v) is 5.72. The quantitative estimate of drug-likeness (QED) is 0.801. The van der Waals surface area contributed by atoms with Gasteiger partial charge in [-0.1, -0.05) is 44.5 Å². The minimum absolute atomic E-state index is 0.240. The Morgan fingerprint density at radius 2 is 1.87 bits per heavy atom. The van der Waals surface area contributed by atoms with Crippen molar-refractivity contribution in [2.75, 3.05) is 0 Å². The van der Waals surface area contributed by atoms with Gasteiger partial charge in [0.15, 0.2) is 0 Å². The molecule has 0 heterocycles. The predicted molar refractivity (Wildman–Crippen MR) is 64.9 cm³/mol. The first-order valence-electron chi connectivity index (χ1n) is 5.72. The van der Waals surface area contributed by atoms with E-state index in [-0.39, 0.29) is 5.92 Å². The van der Waals surface area contributed by atoms with Crippen LogP contribution in [0.4, 0.5) is 0 Å². The van der Waals surface area contributed by atoms with E-state index in [2.05, 4.69) is 45.9 Å². The molecular formula is C14H22O. The highest BCUT2D eigenvalue weighted by Crippen LogP contribution is 2.34. The molecule has 1 rings (SSSR count). The molecule has 0 radical (unpaired) electrons. The maximum absolute atomic E-state index is 10.6. The number of aryl methyl sites for hydroxylation is 2. The first kappa shape index (κ1) is 12.3. The van der Waals surface area contributed by atoms with E-state index in [0.29, 0.717) is 0 Å². The predicted octanol–water partition coefficient (Wildman–Crippen LogP) is 3.56. The molecule has 1 unspecified atom stereocenters. The highest BCUT2D eigenvalue weighted by atomic mass is 16.3. The van der Waals surface area contributed by atoms with Crippen molar-refractivity contribution in [1.29, 1.82) is 0 Å². The van der Waals surface area contributed by atoms with Crippen LogP contribution < -0.4 is 0 Å². The first-order chi connectivity index (χ1) is 6.91. The van der Waals surface area contributed by atoms with Crippen LogP contribution in [0.1, 0.15) is 43.9 Å². The van der Waals surface area contributed by atoms with Crippen LogP contribution in [0.2, 0.25) is 0 Å². The molecule has 0 aliphatic carbocycles. The van der Waals surface area contributed by atoms with E-state index in [1.807, 2.05) is 6.92 Å². The van der Waals surface area contributed by atoms with E-state index in [0.717, 1.165) is 12.0 Å². The molecule has 0 amide bonds.